The number of ether oxygens (including phenoxy) is 1. The molecule has 0 amide bonds. The van der Waals surface area contributed by atoms with Gasteiger partial charge in [-0.1, -0.05) is 0 Å². The van der Waals surface area contributed by atoms with Crippen LogP contribution in [0.25, 0.3) is 0 Å². The van der Waals surface area contributed by atoms with Gasteiger partial charge in [0.2, 0.25) is 0 Å². The van der Waals surface area contributed by atoms with Crippen LogP contribution in [0, 0.1) is 0 Å². The summed E-state index contributed by atoms with van der Waals surface area (Å²) in [6, 6.07) is 1.70. The fourth-order valence-electron chi connectivity index (χ4n) is 1.63. The average Bonchev–Trinajstić information content (AvgIpc) is 2.30. The van der Waals surface area contributed by atoms with Gasteiger partial charge < -0.3 is 15.2 Å². The summed E-state index contributed by atoms with van der Waals surface area (Å²) in [5.41, 5.74) is 0.899. The summed E-state index contributed by atoms with van der Waals surface area (Å²) < 4.78 is 5.50. The Labute approximate surface area is 87.1 Å². The molecule has 5 heteroatoms. The highest BCUT2D eigenvalue weighted by Crippen LogP contribution is 2.21. The quantitative estimate of drug-likeness (QED) is 0.738. The Morgan fingerprint density at radius 2 is 2.53 bits per heavy atom. The maximum atomic E-state index is 10.9. The average molecular weight is 208 g/mol. The number of carboxylic acids is 1. The Morgan fingerprint density at radius 3 is 3.20 bits per heavy atom. The van der Waals surface area contributed by atoms with E-state index in [4.69, 9.17) is 9.84 Å². The largest absolute Gasteiger partial charge is 0.478 e. The van der Waals surface area contributed by atoms with E-state index < -0.39 is 5.97 Å². The van der Waals surface area contributed by atoms with Gasteiger partial charge in [-0.15, -0.1) is 0 Å². The lowest BCUT2D eigenvalue weighted by Crippen LogP contribution is -2.34. The molecule has 1 unspecified atom stereocenters. The molecule has 0 radical (unpaired) electrons. The van der Waals surface area contributed by atoms with E-state index in [2.05, 4.69) is 10.3 Å². The van der Waals surface area contributed by atoms with Crippen LogP contribution in [0.2, 0.25) is 0 Å². The van der Waals surface area contributed by atoms with Crippen LogP contribution >= 0.6 is 0 Å². The van der Waals surface area contributed by atoms with Crippen LogP contribution in [0.5, 0.6) is 0 Å². The molecule has 1 fully saturated rings. The number of carboxylic acid groups (broad SMARTS) is 1. The molecular weight excluding hydrogens is 196 g/mol. The van der Waals surface area contributed by atoms with Crippen molar-refractivity contribution in [2.75, 3.05) is 19.7 Å². The molecule has 5 nitrogen and oxygen atoms in total. The van der Waals surface area contributed by atoms with E-state index in [0.29, 0.717) is 18.7 Å². The molecule has 1 aliphatic rings. The molecule has 15 heavy (non-hydrogen) atoms. The van der Waals surface area contributed by atoms with E-state index in [1.54, 1.807) is 12.3 Å². The Morgan fingerprint density at radius 1 is 1.67 bits per heavy atom. The van der Waals surface area contributed by atoms with Gasteiger partial charge in [-0.3, -0.25) is 4.98 Å². The number of carbonyl (C=O) groups is 1. The molecule has 1 aromatic rings. The van der Waals surface area contributed by atoms with E-state index in [0.717, 1.165) is 6.54 Å². The minimum Gasteiger partial charge on any atom is -0.478 e. The Bertz CT molecular complexity index is 361. The summed E-state index contributed by atoms with van der Waals surface area (Å²) in [5.74, 6) is -0.965. The smallest absolute Gasteiger partial charge is 0.337 e. The van der Waals surface area contributed by atoms with Crippen LogP contribution in [-0.4, -0.2) is 35.8 Å². The Balaban J connectivity index is 2.29. The zero-order valence-corrected chi connectivity index (χ0v) is 8.14. The van der Waals surface area contributed by atoms with Crippen LogP contribution in [-0.2, 0) is 4.74 Å². The minimum absolute atomic E-state index is 0.187. The summed E-state index contributed by atoms with van der Waals surface area (Å²) in [5, 5.41) is 12.1. The second-order valence-corrected chi connectivity index (χ2v) is 3.33. The number of hydrogen-bond donors (Lipinski definition) is 2. The third kappa shape index (κ3) is 2.14. The van der Waals surface area contributed by atoms with Crippen LogP contribution in [0.4, 0.5) is 0 Å². The van der Waals surface area contributed by atoms with Gasteiger partial charge in [-0.2, -0.15) is 0 Å². The zero-order chi connectivity index (χ0) is 10.7. The van der Waals surface area contributed by atoms with Gasteiger partial charge in [-0.25, -0.2) is 4.79 Å². The van der Waals surface area contributed by atoms with E-state index in [9.17, 15) is 4.79 Å². The van der Waals surface area contributed by atoms with Crippen molar-refractivity contribution < 1.29 is 14.6 Å². The Hall–Kier alpha value is -1.46. The van der Waals surface area contributed by atoms with Crippen molar-refractivity contribution in [1.82, 2.24) is 10.3 Å². The highest BCUT2D eigenvalue weighted by atomic mass is 16.5. The molecule has 1 atom stereocenters. The summed E-state index contributed by atoms with van der Waals surface area (Å²) in [4.78, 5) is 14.8. The monoisotopic (exact) mass is 208 g/mol. The van der Waals surface area contributed by atoms with Crippen molar-refractivity contribution in [3.63, 3.8) is 0 Å². The predicted octanol–water partition coefficient (Wildman–Crippen LogP) is 0.441. The topological polar surface area (TPSA) is 71.5 Å². The zero-order valence-electron chi connectivity index (χ0n) is 8.14. The molecule has 2 rings (SSSR count). The highest BCUT2D eigenvalue weighted by molar-refractivity contribution is 5.89. The summed E-state index contributed by atoms with van der Waals surface area (Å²) in [6.07, 6.45) is 2.75. The van der Waals surface area contributed by atoms with Gasteiger partial charge in [0, 0.05) is 25.5 Å². The second-order valence-electron chi connectivity index (χ2n) is 3.33. The van der Waals surface area contributed by atoms with Crippen molar-refractivity contribution in [2.24, 2.45) is 0 Å². The number of pyridine rings is 1. The predicted molar refractivity (Wildman–Crippen MR) is 52.8 cm³/mol. The molecule has 0 spiro atoms. The van der Waals surface area contributed by atoms with E-state index in [1.165, 1.54) is 6.20 Å². The van der Waals surface area contributed by atoms with Crippen molar-refractivity contribution in [3.05, 3.63) is 29.6 Å². The van der Waals surface area contributed by atoms with E-state index in [-0.39, 0.29) is 11.7 Å². The van der Waals surface area contributed by atoms with Crippen LogP contribution in [0.3, 0.4) is 0 Å². The van der Waals surface area contributed by atoms with Crippen molar-refractivity contribution in [2.45, 2.75) is 6.10 Å². The van der Waals surface area contributed by atoms with Gasteiger partial charge in [0.1, 0.15) is 0 Å². The van der Waals surface area contributed by atoms with Gasteiger partial charge in [0.15, 0.2) is 0 Å². The molecule has 1 aromatic heterocycles. The number of hydrogen-bond acceptors (Lipinski definition) is 4. The molecular formula is C10H12N2O3. The molecule has 2 heterocycles. The van der Waals surface area contributed by atoms with E-state index in [1.807, 2.05) is 0 Å². The first-order valence-electron chi connectivity index (χ1n) is 4.78. The lowest BCUT2D eigenvalue weighted by molar-refractivity contribution is 0.0263. The number of aromatic nitrogens is 1. The van der Waals surface area contributed by atoms with Gasteiger partial charge in [0.05, 0.1) is 18.3 Å². The summed E-state index contributed by atoms with van der Waals surface area (Å²) in [6.45, 7) is 2.06. The van der Waals surface area contributed by atoms with Crippen molar-refractivity contribution in [1.29, 1.82) is 0 Å². The molecule has 0 saturated carbocycles. The first-order chi connectivity index (χ1) is 7.29. The van der Waals surface area contributed by atoms with Crippen LogP contribution in [0.15, 0.2) is 18.5 Å². The minimum atomic E-state index is -0.965. The maximum Gasteiger partial charge on any atom is 0.337 e. The molecule has 1 aliphatic heterocycles. The summed E-state index contributed by atoms with van der Waals surface area (Å²) >= 11 is 0. The molecule has 0 aliphatic carbocycles. The lowest BCUT2D eigenvalue weighted by atomic mass is 10.0. The van der Waals surface area contributed by atoms with E-state index >= 15 is 0 Å². The van der Waals surface area contributed by atoms with Gasteiger partial charge >= 0.3 is 5.97 Å². The molecule has 1 saturated heterocycles. The Kier molecular flexibility index (Phi) is 2.94. The fourth-order valence-corrected chi connectivity index (χ4v) is 1.63. The first-order valence-corrected chi connectivity index (χ1v) is 4.78. The number of morpholine rings is 1. The normalized spacial score (nSPS) is 21.2. The molecule has 2 N–H and O–H groups in total. The fraction of sp³-hybridized carbons (Fsp3) is 0.400. The first kappa shape index (κ1) is 10.1. The number of nitrogens with zero attached hydrogens (tertiary/aromatic N) is 1. The van der Waals surface area contributed by atoms with Crippen LogP contribution < -0.4 is 5.32 Å². The van der Waals surface area contributed by atoms with Crippen LogP contribution in [0.1, 0.15) is 22.0 Å². The second kappa shape index (κ2) is 4.37. The van der Waals surface area contributed by atoms with Crippen molar-refractivity contribution in [3.8, 4) is 0 Å². The summed E-state index contributed by atoms with van der Waals surface area (Å²) in [7, 11) is 0. The van der Waals surface area contributed by atoms with Gasteiger partial charge in [0.25, 0.3) is 0 Å². The SMILES string of the molecule is O=C(O)c1cnccc1C1CNCCO1. The lowest BCUT2D eigenvalue weighted by Gasteiger charge is -2.24. The number of nitrogens with one attached hydrogen (secondary N) is 1. The molecule has 0 bridgehead atoms. The highest BCUT2D eigenvalue weighted by Gasteiger charge is 2.21. The number of aromatic carboxylic acids is 1. The maximum absolute atomic E-state index is 10.9. The van der Waals surface area contributed by atoms with Gasteiger partial charge in [-0.05, 0) is 11.6 Å². The standard InChI is InChI=1S/C10H12N2O3/c13-10(14)8-5-11-2-1-7(8)9-6-12-3-4-15-9/h1-2,5,9,12H,3-4,6H2,(H,13,14). The number of rotatable bonds is 2. The van der Waals surface area contributed by atoms with Crippen molar-refractivity contribution >= 4 is 5.97 Å². The molecule has 80 valence electrons. The third-order valence-electron chi connectivity index (χ3n) is 2.36. The molecule has 0 aromatic carbocycles. The third-order valence-corrected chi connectivity index (χ3v) is 2.36.